The second-order valence-corrected chi connectivity index (χ2v) is 8.68. The molecule has 0 aliphatic carbocycles. The van der Waals surface area contributed by atoms with E-state index in [0.29, 0.717) is 32.4 Å². The number of likely N-dealkylation sites (tertiary alicyclic amines) is 1. The average Bonchev–Trinajstić information content (AvgIpc) is 2.63. The first-order valence-corrected chi connectivity index (χ1v) is 10.2. The minimum absolute atomic E-state index is 0.0764. The molecule has 3 amide bonds. The molecule has 166 valence electrons. The molecule has 0 aromatic heterocycles. The van der Waals surface area contributed by atoms with Gasteiger partial charge in [-0.25, -0.2) is 4.79 Å². The van der Waals surface area contributed by atoms with Gasteiger partial charge in [-0.3, -0.25) is 14.4 Å². The molecule has 9 heteroatoms. The average molecular weight is 414 g/mol. The summed E-state index contributed by atoms with van der Waals surface area (Å²) in [6, 6.07) is -1.65. The Morgan fingerprint density at radius 2 is 1.66 bits per heavy atom. The van der Waals surface area contributed by atoms with E-state index in [1.807, 2.05) is 13.8 Å². The molecule has 3 N–H and O–H groups in total. The number of rotatable bonds is 7. The van der Waals surface area contributed by atoms with E-state index in [4.69, 9.17) is 9.84 Å². The standard InChI is InChI=1S/C20H35N3O6/c1-7-12(2)15(22-19(28)29-20(4,5)6)17(25)23-10-8-14(9-11-23)16(24)21-13(3)18(26)27/h12-15H,7-11H2,1-6H3,(H,21,24)(H,22,28)(H,26,27)/t12-,13-,15-/m0/s1. The number of alkyl carbamates (subject to hydrolysis) is 1. The first-order chi connectivity index (χ1) is 13.4. The van der Waals surface area contributed by atoms with E-state index >= 15 is 0 Å². The van der Waals surface area contributed by atoms with E-state index < -0.39 is 29.7 Å². The largest absolute Gasteiger partial charge is 0.480 e. The minimum Gasteiger partial charge on any atom is -0.480 e. The topological polar surface area (TPSA) is 125 Å². The number of carbonyl (C=O) groups is 4. The van der Waals surface area contributed by atoms with Crippen LogP contribution >= 0.6 is 0 Å². The number of nitrogens with zero attached hydrogens (tertiary/aromatic N) is 1. The van der Waals surface area contributed by atoms with Gasteiger partial charge < -0.3 is 25.4 Å². The zero-order chi connectivity index (χ0) is 22.4. The third-order valence-electron chi connectivity index (χ3n) is 5.06. The highest BCUT2D eigenvalue weighted by molar-refractivity contribution is 5.87. The van der Waals surface area contributed by atoms with Crippen molar-refractivity contribution in [2.45, 2.75) is 78.5 Å². The summed E-state index contributed by atoms with van der Waals surface area (Å²) in [6.07, 6.45) is 0.971. The number of ether oxygens (including phenoxy) is 1. The molecule has 0 aromatic carbocycles. The first-order valence-electron chi connectivity index (χ1n) is 10.2. The molecule has 1 saturated heterocycles. The molecule has 9 nitrogen and oxygen atoms in total. The van der Waals surface area contributed by atoms with Crippen LogP contribution in [-0.2, 0) is 19.1 Å². The summed E-state index contributed by atoms with van der Waals surface area (Å²) in [5.74, 6) is -2.00. The summed E-state index contributed by atoms with van der Waals surface area (Å²) in [4.78, 5) is 49.9. The van der Waals surface area contributed by atoms with E-state index in [9.17, 15) is 19.2 Å². The quantitative estimate of drug-likeness (QED) is 0.584. The highest BCUT2D eigenvalue weighted by atomic mass is 16.6. The molecule has 0 radical (unpaired) electrons. The molecule has 1 heterocycles. The van der Waals surface area contributed by atoms with Gasteiger partial charge in [0.05, 0.1) is 0 Å². The monoisotopic (exact) mass is 413 g/mol. The van der Waals surface area contributed by atoms with Gasteiger partial charge in [0.15, 0.2) is 0 Å². The number of carbonyl (C=O) groups excluding carboxylic acids is 3. The number of piperidine rings is 1. The van der Waals surface area contributed by atoms with Crippen LogP contribution in [0.4, 0.5) is 4.79 Å². The van der Waals surface area contributed by atoms with Crippen molar-refractivity contribution in [2.75, 3.05) is 13.1 Å². The maximum Gasteiger partial charge on any atom is 0.408 e. The zero-order valence-corrected chi connectivity index (χ0v) is 18.3. The number of amides is 3. The Morgan fingerprint density at radius 3 is 2.10 bits per heavy atom. The maximum atomic E-state index is 13.0. The van der Waals surface area contributed by atoms with Crippen LogP contribution in [0, 0.1) is 11.8 Å². The molecule has 3 atom stereocenters. The SMILES string of the molecule is CC[C@H](C)[C@H](NC(=O)OC(C)(C)C)C(=O)N1CCC(C(=O)N[C@@H](C)C(=O)O)CC1. The van der Waals surface area contributed by atoms with Crippen molar-refractivity contribution in [1.29, 1.82) is 0 Å². The number of nitrogens with one attached hydrogen (secondary N) is 2. The van der Waals surface area contributed by atoms with Crippen LogP contribution < -0.4 is 10.6 Å². The van der Waals surface area contributed by atoms with Gasteiger partial charge in [0.25, 0.3) is 0 Å². The summed E-state index contributed by atoms with van der Waals surface area (Å²) >= 11 is 0. The minimum atomic E-state index is -1.09. The molecular formula is C20H35N3O6. The van der Waals surface area contributed by atoms with Gasteiger partial charge in [-0.05, 0) is 46.5 Å². The van der Waals surface area contributed by atoms with Crippen molar-refractivity contribution in [3.63, 3.8) is 0 Å². The smallest absolute Gasteiger partial charge is 0.408 e. The van der Waals surface area contributed by atoms with E-state index in [2.05, 4.69) is 10.6 Å². The Bertz CT molecular complexity index is 608. The fraction of sp³-hybridized carbons (Fsp3) is 0.800. The molecule has 0 unspecified atom stereocenters. The predicted octanol–water partition coefficient (Wildman–Crippen LogP) is 1.75. The van der Waals surface area contributed by atoms with Gasteiger partial charge in [-0.15, -0.1) is 0 Å². The van der Waals surface area contributed by atoms with Gasteiger partial charge >= 0.3 is 12.1 Å². The summed E-state index contributed by atoms with van der Waals surface area (Å²) in [5.41, 5.74) is -0.661. The van der Waals surface area contributed by atoms with Crippen LogP contribution in [0.3, 0.4) is 0 Å². The Hall–Kier alpha value is -2.32. The van der Waals surface area contributed by atoms with Gasteiger partial charge in [0, 0.05) is 19.0 Å². The molecule has 1 rings (SSSR count). The molecule has 0 saturated carbocycles. The zero-order valence-electron chi connectivity index (χ0n) is 18.3. The van der Waals surface area contributed by atoms with E-state index in [0.717, 1.165) is 0 Å². The van der Waals surface area contributed by atoms with Crippen LogP contribution in [-0.4, -0.2) is 64.7 Å². The third kappa shape index (κ3) is 7.91. The lowest BCUT2D eigenvalue weighted by Crippen LogP contribution is -2.55. The lowest BCUT2D eigenvalue weighted by molar-refractivity contribution is -0.142. The third-order valence-corrected chi connectivity index (χ3v) is 5.06. The van der Waals surface area contributed by atoms with Crippen molar-refractivity contribution in [1.82, 2.24) is 15.5 Å². The number of aliphatic carboxylic acids is 1. The second kappa shape index (κ2) is 10.5. The molecule has 29 heavy (non-hydrogen) atoms. The summed E-state index contributed by atoms with van der Waals surface area (Å²) in [7, 11) is 0. The summed E-state index contributed by atoms with van der Waals surface area (Å²) in [6.45, 7) is 11.3. The Labute approximate surface area is 172 Å². The fourth-order valence-corrected chi connectivity index (χ4v) is 3.07. The lowest BCUT2D eigenvalue weighted by atomic mass is 9.93. The Morgan fingerprint density at radius 1 is 1.10 bits per heavy atom. The Kier molecular flexibility index (Phi) is 8.91. The molecule has 1 aliphatic heterocycles. The molecule has 0 aromatic rings. The molecule has 0 spiro atoms. The van der Waals surface area contributed by atoms with Crippen LogP contribution in [0.15, 0.2) is 0 Å². The van der Waals surface area contributed by atoms with E-state index in [-0.39, 0.29) is 23.7 Å². The number of hydrogen-bond acceptors (Lipinski definition) is 5. The number of carboxylic acids is 1. The summed E-state index contributed by atoms with van der Waals surface area (Å²) < 4.78 is 5.28. The molecule has 1 aliphatic rings. The maximum absolute atomic E-state index is 13.0. The summed E-state index contributed by atoms with van der Waals surface area (Å²) in [5, 5.41) is 14.1. The van der Waals surface area contributed by atoms with Crippen molar-refractivity contribution in [2.24, 2.45) is 11.8 Å². The highest BCUT2D eigenvalue weighted by Gasteiger charge is 2.35. The van der Waals surface area contributed by atoms with Gasteiger partial charge in [0.1, 0.15) is 17.7 Å². The van der Waals surface area contributed by atoms with Crippen LogP contribution in [0.5, 0.6) is 0 Å². The van der Waals surface area contributed by atoms with Gasteiger partial charge in [-0.2, -0.15) is 0 Å². The van der Waals surface area contributed by atoms with Gasteiger partial charge in [0.2, 0.25) is 11.8 Å². The highest BCUT2D eigenvalue weighted by Crippen LogP contribution is 2.21. The van der Waals surface area contributed by atoms with Crippen molar-refractivity contribution in [3.8, 4) is 0 Å². The van der Waals surface area contributed by atoms with Gasteiger partial charge in [-0.1, -0.05) is 20.3 Å². The molecular weight excluding hydrogens is 378 g/mol. The van der Waals surface area contributed by atoms with Crippen molar-refractivity contribution < 1.29 is 29.0 Å². The van der Waals surface area contributed by atoms with E-state index in [1.54, 1.807) is 25.7 Å². The van der Waals surface area contributed by atoms with E-state index in [1.165, 1.54) is 6.92 Å². The van der Waals surface area contributed by atoms with Crippen LogP contribution in [0.25, 0.3) is 0 Å². The first kappa shape index (κ1) is 24.7. The van der Waals surface area contributed by atoms with Crippen molar-refractivity contribution >= 4 is 23.9 Å². The van der Waals surface area contributed by atoms with Crippen LogP contribution in [0.2, 0.25) is 0 Å². The predicted molar refractivity (Wildman–Crippen MR) is 107 cm³/mol. The number of hydrogen-bond donors (Lipinski definition) is 3. The normalized spacial score (nSPS) is 18.3. The van der Waals surface area contributed by atoms with Crippen LogP contribution in [0.1, 0.15) is 60.8 Å². The molecule has 1 fully saturated rings. The lowest BCUT2D eigenvalue weighted by Gasteiger charge is -2.35. The second-order valence-electron chi connectivity index (χ2n) is 8.68. The van der Waals surface area contributed by atoms with Crippen molar-refractivity contribution in [3.05, 3.63) is 0 Å². The molecule has 0 bridgehead atoms. The fourth-order valence-electron chi connectivity index (χ4n) is 3.07. The number of carboxylic acid groups (broad SMARTS) is 1. The Balaban J connectivity index is 2.69.